The molecular weight excluding hydrogens is 258 g/mol. The first kappa shape index (κ1) is 12.0. The molecule has 82 valence electrons. The molecule has 5 heteroatoms. The summed E-state index contributed by atoms with van der Waals surface area (Å²) >= 11 is 3.29. The van der Waals surface area contributed by atoms with E-state index in [2.05, 4.69) is 26.2 Å². The van der Waals surface area contributed by atoms with Gasteiger partial charge in [0.25, 0.3) is 0 Å². The number of hydrogen-bond donors (Lipinski definition) is 2. The molecule has 1 rings (SSSR count). The van der Waals surface area contributed by atoms with Gasteiger partial charge in [0.15, 0.2) is 0 Å². The summed E-state index contributed by atoms with van der Waals surface area (Å²) < 4.78 is 0.701. The Hall–Kier alpha value is -1.10. The number of unbranched alkanes of at least 4 members (excludes halogenated alkanes) is 1. The van der Waals surface area contributed by atoms with Gasteiger partial charge in [0.05, 0.1) is 16.4 Å². The Balaban J connectivity index is 2.60. The molecule has 0 saturated heterocycles. The molecular formula is C10H14BrN3O. The van der Waals surface area contributed by atoms with E-state index in [4.69, 9.17) is 5.73 Å². The van der Waals surface area contributed by atoms with Crippen LogP contribution in [0.15, 0.2) is 16.7 Å². The highest BCUT2D eigenvalue weighted by Gasteiger charge is 2.06. The number of rotatable bonds is 4. The van der Waals surface area contributed by atoms with Gasteiger partial charge in [0, 0.05) is 6.42 Å². The van der Waals surface area contributed by atoms with Gasteiger partial charge >= 0.3 is 0 Å². The Bertz CT molecular complexity index is 355. The third-order valence-corrected chi connectivity index (χ3v) is 2.48. The van der Waals surface area contributed by atoms with E-state index in [1.807, 2.05) is 6.92 Å². The van der Waals surface area contributed by atoms with Crippen LogP contribution in [0.2, 0.25) is 0 Å². The van der Waals surface area contributed by atoms with E-state index in [1.54, 1.807) is 6.07 Å². The second-order valence-corrected chi connectivity index (χ2v) is 4.11. The molecule has 1 aromatic heterocycles. The number of carbonyl (C=O) groups excluding carboxylic acids is 1. The van der Waals surface area contributed by atoms with Crippen LogP contribution in [0.1, 0.15) is 26.2 Å². The molecule has 0 aromatic carbocycles. The smallest absolute Gasteiger partial charge is 0.225 e. The van der Waals surface area contributed by atoms with Crippen molar-refractivity contribution in [1.29, 1.82) is 0 Å². The van der Waals surface area contributed by atoms with E-state index in [0.717, 1.165) is 12.8 Å². The summed E-state index contributed by atoms with van der Waals surface area (Å²) in [5, 5.41) is 2.72. The lowest BCUT2D eigenvalue weighted by Gasteiger charge is -2.06. The van der Waals surface area contributed by atoms with Crippen molar-refractivity contribution in [3.63, 3.8) is 0 Å². The Kier molecular flexibility index (Phi) is 4.55. The molecule has 0 bridgehead atoms. The standard InChI is InChI=1S/C10H14BrN3O/c1-2-3-4-9(15)14-10-8(11)5-7(12)6-13-10/h5-6H,2-4,12H2,1H3,(H,13,14,15). The van der Waals surface area contributed by atoms with Crippen LogP contribution >= 0.6 is 15.9 Å². The van der Waals surface area contributed by atoms with Crippen molar-refractivity contribution in [3.05, 3.63) is 16.7 Å². The second-order valence-electron chi connectivity index (χ2n) is 3.25. The summed E-state index contributed by atoms with van der Waals surface area (Å²) in [6, 6.07) is 1.71. The maximum absolute atomic E-state index is 11.4. The van der Waals surface area contributed by atoms with E-state index < -0.39 is 0 Å². The zero-order valence-electron chi connectivity index (χ0n) is 8.59. The largest absolute Gasteiger partial charge is 0.397 e. The zero-order chi connectivity index (χ0) is 11.3. The Morgan fingerprint density at radius 3 is 3.00 bits per heavy atom. The minimum Gasteiger partial charge on any atom is -0.397 e. The number of aromatic nitrogens is 1. The average Bonchev–Trinajstić information content (AvgIpc) is 2.19. The molecule has 1 aromatic rings. The molecule has 0 saturated carbocycles. The molecule has 0 aliphatic carbocycles. The van der Waals surface area contributed by atoms with Crippen LogP contribution in [0.5, 0.6) is 0 Å². The van der Waals surface area contributed by atoms with E-state index in [1.165, 1.54) is 6.20 Å². The molecule has 0 spiro atoms. The summed E-state index contributed by atoms with van der Waals surface area (Å²) in [5.74, 6) is 0.500. The molecule has 4 nitrogen and oxygen atoms in total. The number of nitrogens with one attached hydrogen (secondary N) is 1. The van der Waals surface area contributed by atoms with E-state index in [9.17, 15) is 4.79 Å². The Labute approximate surface area is 97.4 Å². The molecule has 0 unspecified atom stereocenters. The number of hydrogen-bond acceptors (Lipinski definition) is 3. The maximum atomic E-state index is 11.4. The minimum atomic E-state index is -0.0187. The molecule has 0 atom stereocenters. The number of halogens is 1. The lowest BCUT2D eigenvalue weighted by atomic mass is 10.2. The monoisotopic (exact) mass is 271 g/mol. The summed E-state index contributed by atoms with van der Waals surface area (Å²) in [4.78, 5) is 15.4. The van der Waals surface area contributed by atoms with E-state index in [0.29, 0.717) is 22.4 Å². The molecule has 1 amide bonds. The van der Waals surface area contributed by atoms with Crippen LogP contribution in [0.25, 0.3) is 0 Å². The Morgan fingerprint density at radius 2 is 2.40 bits per heavy atom. The van der Waals surface area contributed by atoms with Crippen molar-refractivity contribution in [3.8, 4) is 0 Å². The fraction of sp³-hybridized carbons (Fsp3) is 0.400. The first-order chi connectivity index (χ1) is 7.13. The quantitative estimate of drug-likeness (QED) is 0.885. The predicted molar refractivity (Wildman–Crippen MR) is 64.5 cm³/mol. The highest BCUT2D eigenvalue weighted by Crippen LogP contribution is 2.21. The van der Waals surface area contributed by atoms with Crippen LogP contribution in [-0.4, -0.2) is 10.9 Å². The third-order valence-electron chi connectivity index (χ3n) is 1.88. The summed E-state index contributed by atoms with van der Waals surface area (Å²) in [7, 11) is 0. The van der Waals surface area contributed by atoms with Gasteiger partial charge in [0.1, 0.15) is 5.82 Å². The SMILES string of the molecule is CCCCC(=O)Nc1ncc(N)cc1Br. The second kappa shape index (κ2) is 5.70. The molecule has 3 N–H and O–H groups in total. The number of nitrogens with two attached hydrogens (primary N) is 1. The average molecular weight is 272 g/mol. The molecule has 15 heavy (non-hydrogen) atoms. The molecule has 0 aliphatic rings. The number of nitrogens with zero attached hydrogens (tertiary/aromatic N) is 1. The van der Waals surface area contributed by atoms with Gasteiger partial charge < -0.3 is 11.1 Å². The first-order valence-electron chi connectivity index (χ1n) is 4.84. The van der Waals surface area contributed by atoms with Crippen LogP contribution in [-0.2, 0) is 4.79 Å². The van der Waals surface area contributed by atoms with Gasteiger partial charge in [-0.2, -0.15) is 0 Å². The predicted octanol–water partition coefficient (Wildman–Crippen LogP) is 2.55. The fourth-order valence-electron chi connectivity index (χ4n) is 1.08. The third kappa shape index (κ3) is 3.87. The normalized spacial score (nSPS) is 10.0. The van der Waals surface area contributed by atoms with Crippen molar-refractivity contribution in [1.82, 2.24) is 4.98 Å². The molecule has 1 heterocycles. The lowest BCUT2D eigenvalue weighted by molar-refractivity contribution is -0.116. The van der Waals surface area contributed by atoms with Crippen molar-refractivity contribution < 1.29 is 4.79 Å². The highest BCUT2D eigenvalue weighted by atomic mass is 79.9. The first-order valence-corrected chi connectivity index (χ1v) is 5.63. The number of anilines is 2. The molecule has 0 fully saturated rings. The van der Waals surface area contributed by atoms with Gasteiger partial charge in [-0.05, 0) is 28.4 Å². The zero-order valence-corrected chi connectivity index (χ0v) is 10.2. The number of nitrogen functional groups attached to an aromatic ring is 1. The summed E-state index contributed by atoms with van der Waals surface area (Å²) in [6.45, 7) is 2.05. The lowest BCUT2D eigenvalue weighted by Crippen LogP contribution is -2.12. The summed E-state index contributed by atoms with van der Waals surface area (Å²) in [6.07, 6.45) is 3.93. The molecule has 0 aliphatic heterocycles. The van der Waals surface area contributed by atoms with E-state index in [-0.39, 0.29) is 5.91 Å². The van der Waals surface area contributed by atoms with Crippen molar-refractivity contribution in [2.75, 3.05) is 11.1 Å². The van der Waals surface area contributed by atoms with Gasteiger partial charge in [-0.1, -0.05) is 13.3 Å². The number of amides is 1. The highest BCUT2D eigenvalue weighted by molar-refractivity contribution is 9.10. The minimum absolute atomic E-state index is 0.0187. The van der Waals surface area contributed by atoms with Crippen LogP contribution in [0.3, 0.4) is 0 Å². The van der Waals surface area contributed by atoms with Crippen molar-refractivity contribution in [2.24, 2.45) is 0 Å². The van der Waals surface area contributed by atoms with Crippen molar-refractivity contribution in [2.45, 2.75) is 26.2 Å². The molecule has 0 radical (unpaired) electrons. The van der Waals surface area contributed by atoms with E-state index >= 15 is 0 Å². The van der Waals surface area contributed by atoms with Gasteiger partial charge in [-0.25, -0.2) is 4.98 Å². The topological polar surface area (TPSA) is 68.0 Å². The Morgan fingerprint density at radius 1 is 1.67 bits per heavy atom. The van der Waals surface area contributed by atoms with Gasteiger partial charge in [-0.3, -0.25) is 4.79 Å². The van der Waals surface area contributed by atoms with Gasteiger partial charge in [-0.15, -0.1) is 0 Å². The van der Waals surface area contributed by atoms with Crippen LogP contribution in [0, 0.1) is 0 Å². The fourth-order valence-corrected chi connectivity index (χ4v) is 1.54. The van der Waals surface area contributed by atoms with Gasteiger partial charge in [0.2, 0.25) is 5.91 Å². The summed E-state index contributed by atoms with van der Waals surface area (Å²) in [5.41, 5.74) is 6.10. The number of pyridine rings is 1. The van der Waals surface area contributed by atoms with Crippen molar-refractivity contribution >= 4 is 33.3 Å². The van der Waals surface area contributed by atoms with Crippen LogP contribution < -0.4 is 11.1 Å². The van der Waals surface area contributed by atoms with Crippen LogP contribution in [0.4, 0.5) is 11.5 Å². The number of carbonyl (C=O) groups is 1. The maximum Gasteiger partial charge on any atom is 0.225 e.